The number of carbonyl (C=O) groups excluding carboxylic acids is 2. The third-order valence-corrected chi connectivity index (χ3v) is 2.97. The summed E-state index contributed by atoms with van der Waals surface area (Å²) in [7, 11) is 0. The summed E-state index contributed by atoms with van der Waals surface area (Å²) in [4.78, 5) is 28.0. The topological polar surface area (TPSA) is 80.3 Å². The molecule has 1 aromatic carbocycles. The van der Waals surface area contributed by atoms with E-state index in [4.69, 9.17) is 16.3 Å². The molecule has 2 amide bonds. The van der Waals surface area contributed by atoms with Crippen LogP contribution in [0.15, 0.2) is 42.6 Å². The van der Waals surface area contributed by atoms with Crippen LogP contribution in [0.4, 0.5) is 16.3 Å². The van der Waals surface area contributed by atoms with Crippen molar-refractivity contribution in [3.63, 3.8) is 0 Å². The average Bonchev–Trinajstić information content (AvgIpc) is 2.45. The highest BCUT2D eigenvalue weighted by molar-refractivity contribution is 6.31. The van der Waals surface area contributed by atoms with E-state index in [1.54, 1.807) is 51.1 Å². The zero-order valence-corrected chi connectivity index (χ0v) is 14.3. The number of ether oxygens (including phenoxy) is 1. The lowest BCUT2D eigenvalue weighted by atomic mass is 10.2. The van der Waals surface area contributed by atoms with E-state index in [9.17, 15) is 9.59 Å². The SMILES string of the molecule is CC(C)(C)OC(=O)Nc1ccnc(NC(=O)c2cccc(Cl)c2)c1. The molecule has 0 spiro atoms. The van der Waals surface area contributed by atoms with Crippen molar-refractivity contribution >= 4 is 35.1 Å². The molecular formula is C17H18ClN3O3. The van der Waals surface area contributed by atoms with Gasteiger partial charge in [-0.15, -0.1) is 0 Å². The van der Waals surface area contributed by atoms with Crippen LogP contribution in [0, 0.1) is 0 Å². The zero-order valence-electron chi connectivity index (χ0n) is 13.6. The van der Waals surface area contributed by atoms with Gasteiger partial charge in [-0.3, -0.25) is 10.1 Å². The van der Waals surface area contributed by atoms with Gasteiger partial charge in [-0.05, 0) is 45.0 Å². The molecule has 24 heavy (non-hydrogen) atoms. The molecule has 0 aliphatic heterocycles. The van der Waals surface area contributed by atoms with Gasteiger partial charge in [0, 0.05) is 28.5 Å². The van der Waals surface area contributed by atoms with Crippen molar-refractivity contribution in [3.05, 3.63) is 53.2 Å². The van der Waals surface area contributed by atoms with Crippen LogP contribution in [-0.2, 0) is 4.74 Å². The predicted molar refractivity (Wildman–Crippen MR) is 93.5 cm³/mol. The molecule has 0 unspecified atom stereocenters. The number of halogens is 1. The highest BCUT2D eigenvalue weighted by atomic mass is 35.5. The Morgan fingerprint density at radius 3 is 2.54 bits per heavy atom. The van der Waals surface area contributed by atoms with Crippen LogP contribution in [0.2, 0.25) is 5.02 Å². The minimum Gasteiger partial charge on any atom is -0.444 e. The Kier molecular flexibility index (Phi) is 5.41. The second-order valence-corrected chi connectivity index (χ2v) is 6.46. The molecule has 0 fully saturated rings. The number of hydrogen-bond donors (Lipinski definition) is 2. The Bertz CT molecular complexity index is 757. The third-order valence-electron chi connectivity index (χ3n) is 2.73. The summed E-state index contributed by atoms with van der Waals surface area (Å²) in [6.07, 6.45) is 0.890. The second kappa shape index (κ2) is 7.31. The Balaban J connectivity index is 2.05. The van der Waals surface area contributed by atoms with Gasteiger partial charge < -0.3 is 10.1 Å². The van der Waals surface area contributed by atoms with Crippen LogP contribution < -0.4 is 10.6 Å². The van der Waals surface area contributed by atoms with Crippen LogP contribution in [0.25, 0.3) is 0 Å². The third kappa shape index (κ3) is 5.55. The highest BCUT2D eigenvalue weighted by Crippen LogP contribution is 2.16. The summed E-state index contributed by atoms with van der Waals surface area (Å²) in [5.74, 6) is -0.0482. The van der Waals surface area contributed by atoms with Gasteiger partial charge >= 0.3 is 6.09 Å². The van der Waals surface area contributed by atoms with Crippen LogP contribution in [-0.4, -0.2) is 22.6 Å². The quantitative estimate of drug-likeness (QED) is 0.865. The monoisotopic (exact) mass is 347 g/mol. The first kappa shape index (κ1) is 17.7. The Hall–Kier alpha value is -2.60. The van der Waals surface area contributed by atoms with Gasteiger partial charge in [0.15, 0.2) is 0 Å². The van der Waals surface area contributed by atoms with E-state index in [1.807, 2.05) is 0 Å². The van der Waals surface area contributed by atoms with E-state index in [2.05, 4.69) is 15.6 Å². The number of hydrogen-bond acceptors (Lipinski definition) is 4. The van der Waals surface area contributed by atoms with Gasteiger partial charge in [-0.2, -0.15) is 0 Å². The smallest absolute Gasteiger partial charge is 0.412 e. The summed E-state index contributed by atoms with van der Waals surface area (Å²) >= 11 is 5.87. The van der Waals surface area contributed by atoms with Crippen molar-refractivity contribution in [2.75, 3.05) is 10.6 Å². The molecule has 0 aliphatic carbocycles. The molecule has 2 aromatic rings. The van der Waals surface area contributed by atoms with E-state index in [0.29, 0.717) is 22.1 Å². The number of rotatable bonds is 3. The normalized spacial score (nSPS) is 10.8. The van der Waals surface area contributed by atoms with Crippen LogP contribution in [0.5, 0.6) is 0 Å². The molecule has 2 rings (SSSR count). The maximum Gasteiger partial charge on any atom is 0.412 e. The van der Waals surface area contributed by atoms with Gasteiger partial charge in [0.25, 0.3) is 5.91 Å². The number of nitrogens with one attached hydrogen (secondary N) is 2. The van der Waals surface area contributed by atoms with Gasteiger partial charge in [-0.1, -0.05) is 17.7 Å². The van der Waals surface area contributed by atoms with Crippen molar-refractivity contribution in [3.8, 4) is 0 Å². The number of nitrogens with zero attached hydrogens (tertiary/aromatic N) is 1. The van der Waals surface area contributed by atoms with Crippen molar-refractivity contribution in [1.29, 1.82) is 0 Å². The Morgan fingerprint density at radius 1 is 1.12 bits per heavy atom. The molecule has 126 valence electrons. The fraction of sp³-hybridized carbons (Fsp3) is 0.235. The van der Waals surface area contributed by atoms with Crippen molar-refractivity contribution in [2.45, 2.75) is 26.4 Å². The Labute approximate surface area is 145 Å². The van der Waals surface area contributed by atoms with Crippen LogP contribution in [0.1, 0.15) is 31.1 Å². The van der Waals surface area contributed by atoms with Gasteiger partial charge in [0.1, 0.15) is 11.4 Å². The molecule has 0 bridgehead atoms. The fourth-order valence-corrected chi connectivity index (χ4v) is 2.01. The zero-order chi connectivity index (χ0) is 17.7. The highest BCUT2D eigenvalue weighted by Gasteiger charge is 2.16. The Morgan fingerprint density at radius 2 is 1.88 bits per heavy atom. The standard InChI is InChI=1S/C17H18ClN3O3/c1-17(2,3)24-16(23)20-13-7-8-19-14(10-13)21-15(22)11-5-4-6-12(18)9-11/h4-10H,1-3H3,(H2,19,20,21,22,23). The lowest BCUT2D eigenvalue weighted by molar-refractivity contribution is 0.0636. The van der Waals surface area contributed by atoms with Crippen LogP contribution >= 0.6 is 11.6 Å². The summed E-state index contributed by atoms with van der Waals surface area (Å²) in [5, 5.41) is 5.70. The number of aromatic nitrogens is 1. The maximum atomic E-state index is 12.2. The maximum absolute atomic E-state index is 12.2. The van der Waals surface area contributed by atoms with Crippen molar-refractivity contribution in [2.24, 2.45) is 0 Å². The first-order valence-corrected chi connectivity index (χ1v) is 7.64. The predicted octanol–water partition coefficient (Wildman–Crippen LogP) is 4.33. The first-order chi connectivity index (χ1) is 11.2. The minimum atomic E-state index is -0.596. The number of carbonyl (C=O) groups is 2. The van der Waals surface area contributed by atoms with E-state index in [-0.39, 0.29) is 5.91 Å². The lowest BCUT2D eigenvalue weighted by Gasteiger charge is -2.19. The summed E-state index contributed by atoms with van der Waals surface area (Å²) in [6.45, 7) is 5.32. The second-order valence-electron chi connectivity index (χ2n) is 6.02. The van der Waals surface area contributed by atoms with Gasteiger partial charge in [0.2, 0.25) is 0 Å². The summed E-state index contributed by atoms with van der Waals surface area (Å²) < 4.78 is 5.17. The molecule has 0 saturated carbocycles. The van der Waals surface area contributed by atoms with E-state index < -0.39 is 11.7 Å². The molecule has 1 heterocycles. The molecule has 2 N–H and O–H groups in total. The molecule has 7 heteroatoms. The number of pyridine rings is 1. The molecule has 0 atom stereocenters. The number of amides is 2. The van der Waals surface area contributed by atoms with E-state index in [1.165, 1.54) is 12.3 Å². The van der Waals surface area contributed by atoms with Crippen molar-refractivity contribution < 1.29 is 14.3 Å². The fourth-order valence-electron chi connectivity index (χ4n) is 1.82. The van der Waals surface area contributed by atoms with Gasteiger partial charge in [0.05, 0.1) is 0 Å². The van der Waals surface area contributed by atoms with Crippen LogP contribution in [0.3, 0.4) is 0 Å². The minimum absolute atomic E-state index is 0.300. The molecule has 0 aliphatic rings. The molecule has 0 radical (unpaired) electrons. The van der Waals surface area contributed by atoms with Crippen molar-refractivity contribution in [1.82, 2.24) is 4.98 Å². The summed E-state index contributed by atoms with van der Waals surface area (Å²) in [5.41, 5.74) is 0.274. The largest absolute Gasteiger partial charge is 0.444 e. The first-order valence-electron chi connectivity index (χ1n) is 7.26. The molecule has 1 aromatic heterocycles. The summed E-state index contributed by atoms with van der Waals surface area (Å²) in [6, 6.07) is 9.70. The van der Waals surface area contributed by atoms with E-state index >= 15 is 0 Å². The number of benzene rings is 1. The molecule has 6 nitrogen and oxygen atoms in total. The number of anilines is 2. The van der Waals surface area contributed by atoms with E-state index in [0.717, 1.165) is 0 Å². The lowest BCUT2D eigenvalue weighted by Crippen LogP contribution is -2.27. The van der Waals surface area contributed by atoms with Gasteiger partial charge in [-0.25, -0.2) is 9.78 Å². The average molecular weight is 348 g/mol. The molecular weight excluding hydrogens is 330 g/mol. The molecule has 0 saturated heterocycles.